The van der Waals surface area contributed by atoms with Gasteiger partial charge < -0.3 is 14.8 Å². The predicted octanol–water partition coefficient (Wildman–Crippen LogP) is 4.79. The van der Waals surface area contributed by atoms with Crippen LogP contribution in [0.4, 0.5) is 5.69 Å². The van der Waals surface area contributed by atoms with Crippen LogP contribution in [-0.2, 0) is 6.42 Å². The maximum Gasteiger partial charge on any atom is 0.227 e. The van der Waals surface area contributed by atoms with Crippen molar-refractivity contribution in [2.24, 2.45) is 0 Å². The fourth-order valence-corrected chi connectivity index (χ4v) is 5.56. The van der Waals surface area contributed by atoms with E-state index in [0.29, 0.717) is 12.1 Å². The maximum absolute atomic E-state index is 13.1. The van der Waals surface area contributed by atoms with Crippen LogP contribution in [0.5, 0.6) is 0 Å². The molecule has 3 nitrogen and oxygen atoms in total. The van der Waals surface area contributed by atoms with E-state index in [1.165, 1.54) is 12.8 Å². The number of nitrogens with one attached hydrogen (secondary N) is 1. The number of anilines is 1. The van der Waals surface area contributed by atoms with E-state index in [-0.39, 0.29) is 0 Å². The van der Waals surface area contributed by atoms with Crippen LogP contribution in [-0.4, -0.2) is 35.6 Å². The van der Waals surface area contributed by atoms with Crippen LogP contribution >= 0.6 is 10.8 Å². The number of aryl methyl sites for hydroxylation is 1. The molecule has 1 N–H and O–H groups in total. The molecular formula is C21H28N2OS. The number of thiophene rings is 1. The minimum Gasteiger partial charge on any atom is -0.589 e. The van der Waals surface area contributed by atoms with Crippen molar-refractivity contribution in [3.05, 3.63) is 28.6 Å². The molecular weight excluding hydrogens is 328 g/mol. The molecule has 1 heterocycles. The van der Waals surface area contributed by atoms with Gasteiger partial charge in [0.1, 0.15) is 0 Å². The Morgan fingerprint density at radius 2 is 1.96 bits per heavy atom. The third kappa shape index (κ3) is 3.55. The molecule has 1 aliphatic carbocycles. The summed E-state index contributed by atoms with van der Waals surface area (Å²) in [5.74, 6) is 6.02. The number of hydrogen-bond acceptors (Lipinski definition) is 3. The molecule has 0 amide bonds. The highest BCUT2D eigenvalue weighted by molar-refractivity contribution is 7.32. The smallest absolute Gasteiger partial charge is 0.227 e. The average Bonchev–Trinajstić information content (AvgIpc) is 2.88. The van der Waals surface area contributed by atoms with Crippen LogP contribution in [0.15, 0.2) is 18.2 Å². The Balaban J connectivity index is 1.91. The van der Waals surface area contributed by atoms with Crippen LogP contribution in [0.25, 0.3) is 10.1 Å². The Labute approximate surface area is 154 Å². The van der Waals surface area contributed by atoms with E-state index in [1.807, 2.05) is 6.92 Å². The minimum absolute atomic E-state index is 0.464. The van der Waals surface area contributed by atoms with Crippen LogP contribution in [0.1, 0.15) is 50.0 Å². The SMILES string of the molecule is CC#Cc1c(CC)c2cccc(NC3CCC(N(C)C)CC3)c2[s+]1[O-]. The van der Waals surface area contributed by atoms with Crippen molar-refractivity contribution in [2.45, 2.75) is 58.0 Å². The third-order valence-electron chi connectivity index (χ3n) is 5.36. The maximum atomic E-state index is 13.1. The molecule has 1 fully saturated rings. The molecule has 4 heteroatoms. The first-order valence-corrected chi connectivity index (χ1v) is 10.4. The number of hydrogen-bond donors (Lipinski definition) is 1. The van der Waals surface area contributed by atoms with Crippen molar-refractivity contribution in [2.75, 3.05) is 19.4 Å². The standard InChI is InChI=1S/C21H28N2OS/c1-5-8-20-17(6-2)18-9-7-10-19(21(18)25(20)24)22-15-11-13-16(14-12-15)23(3)4/h7,9-10,15-16,22H,6,11-14H2,1-4H3. The molecule has 3 rings (SSSR count). The summed E-state index contributed by atoms with van der Waals surface area (Å²) in [5.41, 5.74) is 2.17. The highest BCUT2D eigenvalue weighted by atomic mass is 32.2. The van der Waals surface area contributed by atoms with Gasteiger partial charge in [0.2, 0.25) is 9.58 Å². The van der Waals surface area contributed by atoms with Crippen LogP contribution in [0.3, 0.4) is 0 Å². The van der Waals surface area contributed by atoms with Gasteiger partial charge >= 0.3 is 0 Å². The minimum atomic E-state index is -1.16. The zero-order valence-corrected chi connectivity index (χ0v) is 16.5. The fraction of sp³-hybridized carbons (Fsp3) is 0.524. The normalized spacial score (nSPS) is 21.3. The molecule has 25 heavy (non-hydrogen) atoms. The van der Waals surface area contributed by atoms with E-state index in [4.69, 9.17) is 0 Å². The average molecular weight is 357 g/mol. The summed E-state index contributed by atoms with van der Waals surface area (Å²) in [6.07, 6.45) is 5.62. The van der Waals surface area contributed by atoms with Crippen molar-refractivity contribution in [1.82, 2.24) is 4.90 Å². The van der Waals surface area contributed by atoms with Gasteiger partial charge in [-0.2, -0.15) is 0 Å². The Bertz CT molecular complexity index is 805. The summed E-state index contributed by atoms with van der Waals surface area (Å²) in [6.45, 7) is 3.92. The van der Waals surface area contributed by atoms with Gasteiger partial charge in [-0.05, 0) is 81.9 Å². The van der Waals surface area contributed by atoms with E-state index >= 15 is 0 Å². The van der Waals surface area contributed by atoms with Gasteiger partial charge in [-0.1, -0.05) is 18.9 Å². The van der Waals surface area contributed by atoms with Crippen molar-refractivity contribution < 1.29 is 4.55 Å². The number of nitrogens with zero attached hydrogens (tertiary/aromatic N) is 1. The first-order chi connectivity index (χ1) is 12.1. The van der Waals surface area contributed by atoms with E-state index in [1.54, 1.807) is 0 Å². The van der Waals surface area contributed by atoms with Gasteiger partial charge in [-0.15, -0.1) is 0 Å². The molecule has 1 aliphatic rings. The van der Waals surface area contributed by atoms with E-state index in [2.05, 4.69) is 61.3 Å². The number of benzene rings is 1. The van der Waals surface area contributed by atoms with Gasteiger partial charge in [0, 0.05) is 23.0 Å². The third-order valence-corrected chi connectivity index (χ3v) is 6.89. The zero-order chi connectivity index (χ0) is 18.0. The van der Waals surface area contributed by atoms with Crippen LogP contribution < -0.4 is 5.32 Å². The topological polar surface area (TPSA) is 38.3 Å². The summed E-state index contributed by atoms with van der Waals surface area (Å²) in [5, 5.41) is 4.81. The fourth-order valence-electron chi connectivity index (χ4n) is 3.97. The molecule has 0 bridgehead atoms. The lowest BCUT2D eigenvalue weighted by Crippen LogP contribution is -2.36. The molecule has 0 saturated heterocycles. The quantitative estimate of drug-likeness (QED) is 0.632. The van der Waals surface area contributed by atoms with E-state index in [0.717, 1.165) is 45.5 Å². The van der Waals surface area contributed by atoms with E-state index in [9.17, 15) is 4.55 Å². The van der Waals surface area contributed by atoms with Crippen molar-refractivity contribution in [3.63, 3.8) is 0 Å². The van der Waals surface area contributed by atoms with E-state index < -0.39 is 10.8 Å². The van der Waals surface area contributed by atoms with Gasteiger partial charge in [0.15, 0.2) is 0 Å². The summed E-state index contributed by atoms with van der Waals surface area (Å²) in [4.78, 5) is 3.13. The Morgan fingerprint density at radius 1 is 1.24 bits per heavy atom. The lowest BCUT2D eigenvalue weighted by Gasteiger charge is -2.33. The van der Waals surface area contributed by atoms with Crippen molar-refractivity contribution in [3.8, 4) is 11.8 Å². The first kappa shape index (κ1) is 18.3. The summed E-state index contributed by atoms with van der Waals surface area (Å²) in [7, 11) is 3.17. The summed E-state index contributed by atoms with van der Waals surface area (Å²) in [6, 6.07) is 7.39. The molecule has 0 aliphatic heterocycles. The molecule has 2 aromatic rings. The highest BCUT2D eigenvalue weighted by Crippen LogP contribution is 2.43. The molecule has 1 unspecified atom stereocenters. The van der Waals surface area contributed by atoms with Gasteiger partial charge in [0.05, 0.1) is 5.69 Å². The monoisotopic (exact) mass is 356 g/mol. The number of fused-ring (bicyclic) bond motifs is 1. The van der Waals surface area contributed by atoms with Gasteiger partial charge in [0.25, 0.3) is 0 Å². The molecule has 1 atom stereocenters. The lowest BCUT2D eigenvalue weighted by atomic mass is 9.90. The van der Waals surface area contributed by atoms with Crippen LogP contribution in [0.2, 0.25) is 0 Å². The van der Waals surface area contributed by atoms with Crippen molar-refractivity contribution in [1.29, 1.82) is 0 Å². The molecule has 1 aromatic carbocycles. The second kappa shape index (κ2) is 7.78. The Kier molecular flexibility index (Phi) is 5.68. The Morgan fingerprint density at radius 3 is 2.56 bits per heavy atom. The zero-order valence-electron chi connectivity index (χ0n) is 15.7. The van der Waals surface area contributed by atoms with Gasteiger partial charge in [-0.25, -0.2) is 0 Å². The molecule has 134 valence electrons. The second-order valence-corrected chi connectivity index (χ2v) is 8.45. The molecule has 0 spiro atoms. The lowest BCUT2D eigenvalue weighted by molar-refractivity contribution is 0.221. The predicted molar refractivity (Wildman–Crippen MR) is 108 cm³/mol. The summed E-state index contributed by atoms with van der Waals surface area (Å²) < 4.78 is 14.0. The number of rotatable bonds is 4. The second-order valence-electron chi connectivity index (χ2n) is 7.10. The summed E-state index contributed by atoms with van der Waals surface area (Å²) >= 11 is 0. The highest BCUT2D eigenvalue weighted by Gasteiger charge is 2.26. The first-order valence-electron chi connectivity index (χ1n) is 9.20. The molecule has 1 aromatic heterocycles. The Hall–Kier alpha value is -1.54. The van der Waals surface area contributed by atoms with Gasteiger partial charge in [-0.3, -0.25) is 0 Å². The van der Waals surface area contributed by atoms with Crippen molar-refractivity contribution >= 4 is 26.5 Å². The molecule has 1 saturated carbocycles. The largest absolute Gasteiger partial charge is 0.589 e. The van der Waals surface area contributed by atoms with Crippen LogP contribution in [0, 0.1) is 11.8 Å². The molecule has 0 radical (unpaired) electrons.